The van der Waals surface area contributed by atoms with E-state index in [1.807, 2.05) is 65.6 Å². The predicted octanol–water partition coefficient (Wildman–Crippen LogP) is 4.99. The maximum atomic E-state index is 13.2. The summed E-state index contributed by atoms with van der Waals surface area (Å²) in [4.78, 5) is 26.8. The maximum absolute atomic E-state index is 13.2. The number of ether oxygens (including phenoxy) is 1. The van der Waals surface area contributed by atoms with Gasteiger partial charge in [0, 0.05) is 79.2 Å². The number of anilines is 2. The van der Waals surface area contributed by atoms with Crippen LogP contribution in [0.2, 0.25) is 10.0 Å². The second kappa shape index (κ2) is 13.2. The van der Waals surface area contributed by atoms with E-state index in [-0.39, 0.29) is 5.91 Å². The first-order valence-electron chi connectivity index (χ1n) is 14.4. The molecule has 0 N–H and O–H groups in total. The monoisotopic (exact) mass is 617 g/mol. The summed E-state index contributed by atoms with van der Waals surface area (Å²) in [7, 11) is 1.68. The third kappa shape index (κ3) is 6.85. The van der Waals surface area contributed by atoms with Gasteiger partial charge in [0.2, 0.25) is 11.9 Å². The zero-order valence-electron chi connectivity index (χ0n) is 24.0. The van der Waals surface area contributed by atoms with Crippen molar-refractivity contribution < 1.29 is 9.53 Å². The molecule has 9 nitrogen and oxygen atoms in total. The molecule has 3 heterocycles. The molecular formula is C32H33Cl2N7O2. The van der Waals surface area contributed by atoms with Gasteiger partial charge in [-0.05, 0) is 48.5 Å². The van der Waals surface area contributed by atoms with Gasteiger partial charge in [0.15, 0.2) is 0 Å². The molecule has 0 aliphatic carbocycles. The summed E-state index contributed by atoms with van der Waals surface area (Å²) < 4.78 is 5.27. The molecule has 0 spiro atoms. The zero-order valence-corrected chi connectivity index (χ0v) is 25.5. The van der Waals surface area contributed by atoms with E-state index in [2.05, 4.69) is 37.0 Å². The molecule has 0 atom stereocenters. The average Bonchev–Trinajstić information content (AvgIpc) is 3.06. The molecule has 222 valence electrons. The van der Waals surface area contributed by atoms with E-state index < -0.39 is 0 Å². The number of halogens is 2. The number of hydrogen-bond acceptors (Lipinski definition) is 8. The molecule has 0 bridgehead atoms. The smallest absolute Gasteiger partial charge is 0.246 e. The minimum Gasteiger partial charge on any atom is -0.497 e. The fourth-order valence-electron chi connectivity index (χ4n) is 5.47. The van der Waals surface area contributed by atoms with Gasteiger partial charge in [-0.15, -0.1) is 10.2 Å². The van der Waals surface area contributed by atoms with E-state index in [1.54, 1.807) is 7.11 Å². The molecular weight excluding hydrogens is 585 g/mol. The molecule has 0 saturated carbocycles. The maximum Gasteiger partial charge on any atom is 0.246 e. The van der Waals surface area contributed by atoms with Gasteiger partial charge in [-0.2, -0.15) is 0 Å². The SMILES string of the molecule is COc1ccc(N2CCN(CC(=O)N3CCN(c4nnc(-c5ccc(Cl)cc5)c(-c5ccc(Cl)cc5)n4)CC3)CC2)cc1. The molecule has 4 aromatic rings. The Kier molecular flexibility index (Phi) is 8.92. The van der Waals surface area contributed by atoms with Gasteiger partial charge in [-0.3, -0.25) is 9.69 Å². The van der Waals surface area contributed by atoms with E-state index in [0.717, 1.165) is 48.7 Å². The van der Waals surface area contributed by atoms with Crippen molar-refractivity contribution in [1.82, 2.24) is 25.0 Å². The minimum absolute atomic E-state index is 0.163. The second-order valence-electron chi connectivity index (χ2n) is 10.7. The highest BCUT2D eigenvalue weighted by Crippen LogP contribution is 2.31. The first kappa shape index (κ1) is 29.2. The topological polar surface area (TPSA) is 77.9 Å². The predicted molar refractivity (Wildman–Crippen MR) is 171 cm³/mol. The van der Waals surface area contributed by atoms with Crippen LogP contribution in [0.15, 0.2) is 72.8 Å². The van der Waals surface area contributed by atoms with E-state index in [0.29, 0.717) is 54.4 Å². The van der Waals surface area contributed by atoms with Crippen LogP contribution in [0.1, 0.15) is 0 Å². The number of hydrogen-bond donors (Lipinski definition) is 0. The molecule has 0 unspecified atom stereocenters. The summed E-state index contributed by atoms with van der Waals surface area (Å²) in [5.41, 5.74) is 4.34. The number of amides is 1. The van der Waals surface area contributed by atoms with Crippen molar-refractivity contribution in [3.63, 3.8) is 0 Å². The summed E-state index contributed by atoms with van der Waals surface area (Å²) in [6, 6.07) is 23.2. The van der Waals surface area contributed by atoms with Crippen molar-refractivity contribution in [2.75, 3.05) is 75.8 Å². The van der Waals surface area contributed by atoms with Gasteiger partial charge in [0.25, 0.3) is 0 Å². The van der Waals surface area contributed by atoms with Crippen LogP contribution in [0.5, 0.6) is 5.75 Å². The highest BCUT2D eigenvalue weighted by Gasteiger charge is 2.27. The van der Waals surface area contributed by atoms with Crippen molar-refractivity contribution in [2.45, 2.75) is 0 Å². The van der Waals surface area contributed by atoms with Crippen LogP contribution in [0.25, 0.3) is 22.5 Å². The van der Waals surface area contributed by atoms with Crippen LogP contribution in [0.3, 0.4) is 0 Å². The molecule has 11 heteroatoms. The molecule has 2 saturated heterocycles. The van der Waals surface area contributed by atoms with Crippen molar-refractivity contribution >= 4 is 40.7 Å². The molecule has 43 heavy (non-hydrogen) atoms. The lowest BCUT2D eigenvalue weighted by Gasteiger charge is -2.38. The molecule has 0 radical (unpaired) electrons. The Morgan fingerprint density at radius 1 is 0.698 bits per heavy atom. The summed E-state index contributed by atoms with van der Waals surface area (Å²) >= 11 is 12.3. The van der Waals surface area contributed by atoms with Crippen LogP contribution in [0, 0.1) is 0 Å². The van der Waals surface area contributed by atoms with E-state index in [4.69, 9.17) is 32.9 Å². The van der Waals surface area contributed by atoms with Gasteiger partial charge >= 0.3 is 0 Å². The Balaban J connectivity index is 1.07. The number of carbonyl (C=O) groups excluding carboxylic acids is 1. The van der Waals surface area contributed by atoms with E-state index >= 15 is 0 Å². The molecule has 1 amide bonds. The first-order chi connectivity index (χ1) is 21.0. The molecule has 2 aliphatic heterocycles. The number of carbonyl (C=O) groups is 1. The second-order valence-corrected chi connectivity index (χ2v) is 11.5. The Bertz CT molecular complexity index is 1540. The number of methoxy groups -OCH3 is 1. The lowest BCUT2D eigenvalue weighted by atomic mass is 10.0. The van der Waals surface area contributed by atoms with Crippen LogP contribution in [0.4, 0.5) is 11.6 Å². The molecule has 1 aromatic heterocycles. The van der Waals surface area contributed by atoms with Crippen LogP contribution < -0.4 is 14.5 Å². The third-order valence-electron chi connectivity index (χ3n) is 7.99. The summed E-state index contributed by atoms with van der Waals surface area (Å²) in [6.07, 6.45) is 0. The van der Waals surface area contributed by atoms with Crippen molar-refractivity contribution in [3.8, 4) is 28.3 Å². The highest BCUT2D eigenvalue weighted by atomic mass is 35.5. The van der Waals surface area contributed by atoms with Crippen LogP contribution >= 0.6 is 23.2 Å². The average molecular weight is 619 g/mol. The summed E-state index contributed by atoms with van der Waals surface area (Å²) in [5, 5.41) is 10.4. The Morgan fingerprint density at radius 2 is 1.26 bits per heavy atom. The fourth-order valence-corrected chi connectivity index (χ4v) is 5.72. The Morgan fingerprint density at radius 3 is 1.84 bits per heavy atom. The third-order valence-corrected chi connectivity index (χ3v) is 8.50. The number of benzene rings is 3. The normalized spacial score (nSPS) is 15.9. The molecule has 2 fully saturated rings. The number of rotatable bonds is 7. The van der Waals surface area contributed by atoms with Gasteiger partial charge in [-0.1, -0.05) is 47.5 Å². The van der Waals surface area contributed by atoms with Crippen molar-refractivity contribution in [2.24, 2.45) is 0 Å². The van der Waals surface area contributed by atoms with E-state index in [1.165, 1.54) is 5.69 Å². The highest BCUT2D eigenvalue weighted by molar-refractivity contribution is 6.31. The number of nitrogens with zero attached hydrogens (tertiary/aromatic N) is 7. The lowest BCUT2D eigenvalue weighted by Crippen LogP contribution is -2.54. The quantitative estimate of drug-likeness (QED) is 0.287. The van der Waals surface area contributed by atoms with E-state index in [9.17, 15) is 4.79 Å². The van der Waals surface area contributed by atoms with Gasteiger partial charge < -0.3 is 19.4 Å². The summed E-state index contributed by atoms with van der Waals surface area (Å²) in [5.74, 6) is 1.56. The fraction of sp³-hybridized carbons (Fsp3) is 0.312. The number of piperazine rings is 2. The molecule has 6 rings (SSSR count). The van der Waals surface area contributed by atoms with Crippen molar-refractivity contribution in [1.29, 1.82) is 0 Å². The Labute approximate surface area is 261 Å². The van der Waals surface area contributed by atoms with Gasteiger partial charge in [0.1, 0.15) is 17.1 Å². The van der Waals surface area contributed by atoms with Crippen LogP contribution in [-0.2, 0) is 4.79 Å². The van der Waals surface area contributed by atoms with Crippen LogP contribution in [-0.4, -0.2) is 96.9 Å². The Hall–Kier alpha value is -3.92. The number of aromatic nitrogens is 3. The standard InChI is InChI=1S/C32H33Cl2N7O2/c1-43-28-12-10-27(11-13-28)39-16-14-38(15-17-39)22-29(42)40-18-20-41(21-19-40)32-35-30(23-2-6-25(33)7-3-23)31(36-37-32)24-4-8-26(34)9-5-24/h2-13H,14-22H2,1H3. The summed E-state index contributed by atoms with van der Waals surface area (Å²) in [6.45, 7) is 6.42. The first-order valence-corrected chi connectivity index (χ1v) is 15.1. The van der Waals surface area contributed by atoms with Gasteiger partial charge in [-0.25, -0.2) is 4.98 Å². The largest absolute Gasteiger partial charge is 0.497 e. The lowest BCUT2D eigenvalue weighted by molar-refractivity contribution is -0.132. The molecule has 2 aliphatic rings. The minimum atomic E-state index is 0.163. The van der Waals surface area contributed by atoms with Crippen molar-refractivity contribution in [3.05, 3.63) is 82.8 Å². The zero-order chi connectivity index (χ0) is 29.8. The molecule has 3 aromatic carbocycles. The van der Waals surface area contributed by atoms with Gasteiger partial charge in [0.05, 0.1) is 13.7 Å².